The monoisotopic (exact) mass is 418 g/mol. The predicted octanol–water partition coefficient (Wildman–Crippen LogP) is 3.31. The van der Waals surface area contributed by atoms with Crippen LogP contribution in [0.4, 0.5) is 0 Å². The zero-order chi connectivity index (χ0) is 22.2. The highest BCUT2D eigenvalue weighted by Crippen LogP contribution is 2.31. The lowest BCUT2D eigenvalue weighted by Gasteiger charge is -2.42. The second-order valence-electron chi connectivity index (χ2n) is 7.85. The van der Waals surface area contributed by atoms with Gasteiger partial charge in [-0.3, -0.25) is 9.69 Å². The highest BCUT2D eigenvalue weighted by Gasteiger charge is 2.40. The minimum Gasteiger partial charge on any atom is -0.467 e. The summed E-state index contributed by atoms with van der Waals surface area (Å²) >= 11 is 0. The summed E-state index contributed by atoms with van der Waals surface area (Å²) in [4.78, 5) is 30.4. The quantitative estimate of drug-likeness (QED) is 0.534. The second-order valence-corrected chi connectivity index (χ2v) is 7.85. The fourth-order valence-corrected chi connectivity index (χ4v) is 4.24. The van der Waals surface area contributed by atoms with E-state index in [1.165, 1.54) is 7.11 Å². The summed E-state index contributed by atoms with van der Waals surface area (Å²) in [5, 5.41) is 0. The molecule has 1 aliphatic heterocycles. The summed E-state index contributed by atoms with van der Waals surface area (Å²) < 4.78 is 5.09. The molecule has 0 N–H and O–H groups in total. The van der Waals surface area contributed by atoms with Gasteiger partial charge < -0.3 is 9.64 Å². The van der Waals surface area contributed by atoms with E-state index >= 15 is 0 Å². The van der Waals surface area contributed by atoms with Crippen LogP contribution in [0.5, 0.6) is 0 Å². The van der Waals surface area contributed by atoms with E-state index in [1.54, 1.807) is 4.90 Å². The van der Waals surface area contributed by atoms with Crippen LogP contribution in [-0.4, -0.2) is 61.0 Å². The number of piperidine rings is 1. The van der Waals surface area contributed by atoms with Gasteiger partial charge in [0.25, 0.3) is 0 Å². The maximum absolute atomic E-state index is 13.9. The molecule has 0 aliphatic carbocycles. The number of benzene rings is 2. The van der Waals surface area contributed by atoms with Crippen molar-refractivity contribution in [2.75, 3.05) is 27.2 Å². The Bertz CT molecular complexity index is 894. The Labute approximate surface area is 185 Å². The third-order valence-electron chi connectivity index (χ3n) is 5.97. The van der Waals surface area contributed by atoms with Crippen molar-refractivity contribution in [2.24, 2.45) is 0 Å². The maximum Gasteiger partial charge on any atom is 0.328 e. The molecule has 0 radical (unpaired) electrons. The molecule has 0 bridgehead atoms. The van der Waals surface area contributed by atoms with Crippen molar-refractivity contribution < 1.29 is 14.3 Å². The highest BCUT2D eigenvalue weighted by atomic mass is 16.5. The SMILES string of the molecule is CC#CCN(C)C1CCN(C(=O)C(c2ccccc2)c2ccccc2)C(C(=O)OC)C1. The number of esters is 1. The molecule has 5 heteroatoms. The number of likely N-dealkylation sites (tertiary alicyclic amines) is 1. The summed E-state index contributed by atoms with van der Waals surface area (Å²) in [7, 11) is 3.39. The third-order valence-corrected chi connectivity index (χ3v) is 5.97. The average Bonchev–Trinajstić information content (AvgIpc) is 2.83. The number of hydrogen-bond donors (Lipinski definition) is 0. The topological polar surface area (TPSA) is 49.9 Å². The molecule has 1 fully saturated rings. The molecule has 2 atom stereocenters. The molecular weight excluding hydrogens is 388 g/mol. The predicted molar refractivity (Wildman–Crippen MR) is 121 cm³/mol. The first kappa shape index (κ1) is 22.6. The number of methoxy groups -OCH3 is 1. The smallest absolute Gasteiger partial charge is 0.328 e. The van der Waals surface area contributed by atoms with Crippen molar-refractivity contribution in [1.29, 1.82) is 0 Å². The first-order valence-corrected chi connectivity index (χ1v) is 10.6. The Morgan fingerprint density at radius 1 is 1.10 bits per heavy atom. The molecule has 0 saturated carbocycles. The molecule has 162 valence electrons. The zero-order valence-electron chi connectivity index (χ0n) is 18.5. The van der Waals surface area contributed by atoms with Gasteiger partial charge in [-0.1, -0.05) is 66.6 Å². The minimum absolute atomic E-state index is 0.0674. The molecule has 1 saturated heterocycles. The van der Waals surface area contributed by atoms with E-state index in [0.717, 1.165) is 17.5 Å². The fourth-order valence-electron chi connectivity index (χ4n) is 4.24. The van der Waals surface area contributed by atoms with Gasteiger partial charge in [0.2, 0.25) is 5.91 Å². The van der Waals surface area contributed by atoms with Crippen molar-refractivity contribution in [3.05, 3.63) is 71.8 Å². The highest BCUT2D eigenvalue weighted by molar-refractivity contribution is 5.91. The van der Waals surface area contributed by atoms with Crippen LogP contribution in [0.25, 0.3) is 0 Å². The zero-order valence-corrected chi connectivity index (χ0v) is 18.5. The van der Waals surface area contributed by atoms with E-state index in [4.69, 9.17) is 4.74 Å². The van der Waals surface area contributed by atoms with E-state index in [9.17, 15) is 9.59 Å². The Balaban J connectivity index is 1.91. The average molecular weight is 419 g/mol. The lowest BCUT2D eigenvalue weighted by atomic mass is 9.87. The number of rotatable bonds is 6. The molecule has 2 aromatic rings. The van der Waals surface area contributed by atoms with E-state index in [0.29, 0.717) is 19.5 Å². The molecular formula is C26H30N2O3. The van der Waals surface area contributed by atoms with Crippen LogP contribution in [0.15, 0.2) is 60.7 Å². The van der Waals surface area contributed by atoms with Crippen LogP contribution < -0.4 is 0 Å². The van der Waals surface area contributed by atoms with Gasteiger partial charge >= 0.3 is 5.97 Å². The van der Waals surface area contributed by atoms with Crippen LogP contribution in [0.2, 0.25) is 0 Å². The van der Waals surface area contributed by atoms with Gasteiger partial charge in [-0.25, -0.2) is 4.79 Å². The van der Waals surface area contributed by atoms with Gasteiger partial charge in [-0.15, -0.1) is 5.92 Å². The van der Waals surface area contributed by atoms with Gasteiger partial charge in [0.1, 0.15) is 6.04 Å². The molecule has 2 aromatic carbocycles. The minimum atomic E-state index is -0.608. The van der Waals surface area contributed by atoms with Crippen molar-refractivity contribution in [1.82, 2.24) is 9.80 Å². The molecule has 1 heterocycles. The molecule has 1 aliphatic rings. The van der Waals surface area contributed by atoms with E-state index in [-0.39, 0.29) is 17.9 Å². The van der Waals surface area contributed by atoms with E-state index in [1.807, 2.05) is 74.6 Å². The summed E-state index contributed by atoms with van der Waals surface area (Å²) in [5.74, 6) is 5.09. The fraction of sp³-hybridized carbons (Fsp3) is 0.385. The number of hydrogen-bond acceptors (Lipinski definition) is 4. The lowest BCUT2D eigenvalue weighted by molar-refractivity contribution is -0.156. The maximum atomic E-state index is 13.9. The van der Waals surface area contributed by atoms with Gasteiger partial charge in [0.05, 0.1) is 19.6 Å². The van der Waals surface area contributed by atoms with Crippen LogP contribution in [0, 0.1) is 11.8 Å². The van der Waals surface area contributed by atoms with Crippen LogP contribution in [0.1, 0.15) is 36.8 Å². The Hall–Kier alpha value is -3.10. The Morgan fingerprint density at radius 2 is 1.68 bits per heavy atom. The number of amides is 1. The third kappa shape index (κ3) is 5.34. The van der Waals surface area contributed by atoms with Crippen molar-refractivity contribution in [2.45, 2.75) is 37.8 Å². The van der Waals surface area contributed by atoms with Gasteiger partial charge in [-0.05, 0) is 37.9 Å². The number of nitrogens with zero attached hydrogens (tertiary/aromatic N) is 2. The van der Waals surface area contributed by atoms with Crippen LogP contribution in [0.3, 0.4) is 0 Å². The van der Waals surface area contributed by atoms with Gasteiger partial charge in [0, 0.05) is 12.6 Å². The van der Waals surface area contributed by atoms with Crippen LogP contribution >= 0.6 is 0 Å². The molecule has 2 unspecified atom stereocenters. The number of carbonyl (C=O) groups excluding carboxylic acids is 2. The summed E-state index contributed by atoms with van der Waals surface area (Å²) in [5.41, 5.74) is 1.83. The van der Waals surface area contributed by atoms with Crippen LogP contribution in [-0.2, 0) is 14.3 Å². The molecule has 31 heavy (non-hydrogen) atoms. The molecule has 5 nitrogen and oxygen atoms in total. The first-order valence-electron chi connectivity index (χ1n) is 10.6. The van der Waals surface area contributed by atoms with Crippen molar-refractivity contribution in [3.8, 4) is 11.8 Å². The summed E-state index contributed by atoms with van der Waals surface area (Å²) in [6.45, 7) is 2.96. The van der Waals surface area contributed by atoms with E-state index in [2.05, 4.69) is 16.7 Å². The molecule has 0 aromatic heterocycles. The summed E-state index contributed by atoms with van der Waals surface area (Å²) in [6, 6.07) is 19.0. The normalized spacial score (nSPS) is 18.4. The Kier molecular flexibility index (Phi) is 7.86. The molecule has 3 rings (SSSR count). The number of ether oxygens (including phenoxy) is 1. The largest absolute Gasteiger partial charge is 0.467 e. The van der Waals surface area contributed by atoms with E-state index < -0.39 is 12.0 Å². The van der Waals surface area contributed by atoms with Crippen molar-refractivity contribution >= 4 is 11.9 Å². The van der Waals surface area contributed by atoms with Crippen molar-refractivity contribution in [3.63, 3.8) is 0 Å². The Morgan fingerprint density at radius 3 is 2.19 bits per heavy atom. The first-order chi connectivity index (χ1) is 15.1. The van der Waals surface area contributed by atoms with Gasteiger partial charge in [-0.2, -0.15) is 0 Å². The number of carbonyl (C=O) groups is 2. The standard InChI is InChI=1S/C26H30N2O3/c1-4-5-17-27(2)22-16-18-28(23(19-22)26(30)31-3)25(29)24(20-12-8-6-9-13-20)21-14-10-7-11-15-21/h6-15,22-24H,16-19H2,1-3H3. The van der Waals surface area contributed by atoms with Gasteiger partial charge in [0.15, 0.2) is 0 Å². The second kappa shape index (κ2) is 10.8. The molecule has 0 spiro atoms. The summed E-state index contributed by atoms with van der Waals surface area (Å²) in [6.07, 6.45) is 1.33. The lowest BCUT2D eigenvalue weighted by Crippen LogP contribution is -2.55. The molecule has 1 amide bonds.